The highest BCUT2D eigenvalue weighted by atomic mass is 79.9. The lowest BCUT2D eigenvalue weighted by Crippen LogP contribution is -2.36. The first-order valence-electron chi connectivity index (χ1n) is 11.3. The molecule has 0 spiro atoms. The van der Waals surface area contributed by atoms with Crippen LogP contribution in [0, 0.1) is 0 Å². The highest BCUT2D eigenvalue weighted by Gasteiger charge is 2.36. The number of nitrogens with one attached hydrogen (secondary N) is 2. The van der Waals surface area contributed by atoms with Gasteiger partial charge in [-0.15, -0.1) is 0 Å². The molecule has 3 aromatic carbocycles. The molecule has 0 radical (unpaired) electrons. The van der Waals surface area contributed by atoms with Crippen LogP contribution in [0.5, 0.6) is 11.5 Å². The zero-order valence-electron chi connectivity index (χ0n) is 20.1. The molecule has 9 nitrogen and oxygen atoms in total. The zero-order valence-corrected chi connectivity index (χ0v) is 22.5. The van der Waals surface area contributed by atoms with Crippen molar-refractivity contribution in [2.45, 2.75) is 0 Å². The molecule has 1 fully saturated rings. The number of carbonyl (C=O) groups excluding carboxylic acids is 4. The van der Waals surface area contributed by atoms with Crippen LogP contribution in [0.1, 0.15) is 5.56 Å². The van der Waals surface area contributed by atoms with Gasteiger partial charge < -0.3 is 20.1 Å². The second kappa shape index (κ2) is 12.4. The Morgan fingerprint density at radius 1 is 0.947 bits per heavy atom. The molecule has 0 saturated carbocycles. The molecule has 0 aliphatic carbocycles. The van der Waals surface area contributed by atoms with E-state index in [1.54, 1.807) is 60.7 Å². The summed E-state index contributed by atoms with van der Waals surface area (Å²) in [5.74, 6) is -0.289. The monoisotopic (exact) mass is 595 g/mol. The summed E-state index contributed by atoms with van der Waals surface area (Å²) in [6, 6.07) is 20.8. The lowest BCUT2D eigenvalue weighted by molar-refractivity contribution is -0.127. The fourth-order valence-corrected chi connectivity index (χ4v) is 4.74. The Morgan fingerprint density at radius 3 is 2.32 bits per heavy atom. The van der Waals surface area contributed by atoms with Gasteiger partial charge in [-0.1, -0.05) is 24.3 Å². The van der Waals surface area contributed by atoms with E-state index in [1.165, 1.54) is 7.11 Å². The summed E-state index contributed by atoms with van der Waals surface area (Å²) in [6.07, 6.45) is 1.56. The van der Waals surface area contributed by atoms with Crippen LogP contribution in [0.15, 0.2) is 82.2 Å². The molecule has 4 amide bonds. The number of amides is 4. The van der Waals surface area contributed by atoms with E-state index in [9.17, 15) is 19.2 Å². The Labute approximate surface area is 231 Å². The van der Waals surface area contributed by atoms with Gasteiger partial charge in [0, 0.05) is 11.4 Å². The van der Waals surface area contributed by atoms with Crippen LogP contribution in [-0.4, -0.2) is 48.1 Å². The van der Waals surface area contributed by atoms with Crippen LogP contribution < -0.4 is 20.1 Å². The van der Waals surface area contributed by atoms with E-state index < -0.39 is 23.6 Å². The Kier molecular flexibility index (Phi) is 8.82. The maximum atomic E-state index is 12.8. The number of thioether (sulfide) groups is 1. The van der Waals surface area contributed by atoms with Crippen LogP contribution in [-0.2, 0) is 14.4 Å². The van der Waals surface area contributed by atoms with E-state index in [-0.39, 0.29) is 17.4 Å². The minimum atomic E-state index is -0.557. The van der Waals surface area contributed by atoms with Gasteiger partial charge in [-0.3, -0.25) is 24.1 Å². The predicted octanol–water partition coefficient (Wildman–Crippen LogP) is 5.15. The number of hydrogen-bond acceptors (Lipinski definition) is 7. The molecule has 1 aliphatic rings. The minimum absolute atomic E-state index is 0.190. The van der Waals surface area contributed by atoms with Crippen LogP contribution in [0.2, 0.25) is 0 Å². The standard InChI is InChI=1S/C27H22BrN3O6S/c1-36-20-10-8-19(9-11-20)29-24(32)15-31-26(34)23(38-27(31)35)14-17-7-12-22(21(28)13-17)37-16-25(33)30-18-5-3-2-4-6-18/h2-14H,15-16H2,1H3,(H,29,32)(H,30,33)/b23-14+. The highest BCUT2D eigenvalue weighted by molar-refractivity contribution is 9.10. The van der Waals surface area contributed by atoms with E-state index in [2.05, 4.69) is 26.6 Å². The number of methoxy groups -OCH3 is 1. The molecule has 194 valence electrons. The van der Waals surface area contributed by atoms with Crippen LogP contribution in [0.4, 0.5) is 16.2 Å². The molecule has 2 N–H and O–H groups in total. The number of benzene rings is 3. The fraction of sp³-hybridized carbons (Fsp3) is 0.111. The van der Waals surface area contributed by atoms with E-state index >= 15 is 0 Å². The van der Waals surface area contributed by atoms with E-state index in [4.69, 9.17) is 9.47 Å². The van der Waals surface area contributed by atoms with Crippen molar-refractivity contribution in [3.63, 3.8) is 0 Å². The Bertz CT molecular complexity index is 1400. The number of anilines is 2. The van der Waals surface area contributed by atoms with Gasteiger partial charge in [0.25, 0.3) is 17.1 Å². The Balaban J connectivity index is 1.34. The molecule has 0 bridgehead atoms. The number of ether oxygens (including phenoxy) is 2. The molecule has 1 aliphatic heterocycles. The topological polar surface area (TPSA) is 114 Å². The first-order chi connectivity index (χ1) is 18.3. The van der Waals surface area contributed by atoms with Crippen molar-refractivity contribution >= 4 is 68.1 Å². The summed E-state index contributed by atoms with van der Waals surface area (Å²) in [6.45, 7) is -0.597. The zero-order chi connectivity index (χ0) is 27.1. The number of nitrogens with zero attached hydrogens (tertiary/aromatic N) is 1. The molecular weight excluding hydrogens is 574 g/mol. The highest BCUT2D eigenvalue weighted by Crippen LogP contribution is 2.34. The van der Waals surface area contributed by atoms with Gasteiger partial charge in [-0.05, 0) is 87.9 Å². The van der Waals surface area contributed by atoms with Gasteiger partial charge in [-0.25, -0.2) is 0 Å². The van der Waals surface area contributed by atoms with Crippen molar-refractivity contribution in [3.05, 3.63) is 87.7 Å². The van der Waals surface area contributed by atoms with Crippen molar-refractivity contribution in [1.29, 1.82) is 0 Å². The quantitative estimate of drug-likeness (QED) is 0.329. The van der Waals surface area contributed by atoms with Gasteiger partial charge in [0.2, 0.25) is 5.91 Å². The predicted molar refractivity (Wildman–Crippen MR) is 149 cm³/mol. The summed E-state index contributed by atoms with van der Waals surface area (Å²) in [5, 5.41) is 4.86. The van der Waals surface area contributed by atoms with Gasteiger partial charge in [0.1, 0.15) is 18.0 Å². The maximum Gasteiger partial charge on any atom is 0.294 e. The molecule has 0 unspecified atom stereocenters. The number of rotatable bonds is 9. The van der Waals surface area contributed by atoms with Crippen molar-refractivity contribution < 1.29 is 28.7 Å². The molecular formula is C27H22BrN3O6S. The van der Waals surface area contributed by atoms with Crippen LogP contribution in [0.25, 0.3) is 6.08 Å². The third-order valence-electron chi connectivity index (χ3n) is 5.22. The second-order valence-corrected chi connectivity index (χ2v) is 9.78. The summed E-state index contributed by atoms with van der Waals surface area (Å²) >= 11 is 4.17. The average Bonchev–Trinajstić information content (AvgIpc) is 3.16. The maximum absolute atomic E-state index is 12.8. The lowest BCUT2D eigenvalue weighted by atomic mass is 10.2. The van der Waals surface area contributed by atoms with Gasteiger partial charge >= 0.3 is 0 Å². The number of carbonyl (C=O) groups is 4. The first-order valence-corrected chi connectivity index (χ1v) is 12.9. The summed E-state index contributed by atoms with van der Waals surface area (Å²) in [5.41, 5.74) is 1.82. The van der Waals surface area contributed by atoms with Crippen molar-refractivity contribution in [1.82, 2.24) is 4.90 Å². The average molecular weight is 596 g/mol. The van der Waals surface area contributed by atoms with E-state index in [0.717, 1.165) is 16.7 Å². The Morgan fingerprint density at radius 2 is 1.63 bits per heavy atom. The van der Waals surface area contributed by atoms with Crippen LogP contribution in [0.3, 0.4) is 0 Å². The summed E-state index contributed by atoms with van der Waals surface area (Å²) in [4.78, 5) is 50.8. The van der Waals surface area contributed by atoms with Crippen molar-refractivity contribution in [2.24, 2.45) is 0 Å². The van der Waals surface area contributed by atoms with Gasteiger partial charge in [0.15, 0.2) is 6.61 Å². The second-order valence-electron chi connectivity index (χ2n) is 7.94. The number of para-hydroxylation sites is 1. The Hall–Kier alpha value is -4.09. The largest absolute Gasteiger partial charge is 0.497 e. The van der Waals surface area contributed by atoms with Crippen LogP contribution >= 0.6 is 27.7 Å². The molecule has 0 atom stereocenters. The molecule has 3 aromatic rings. The third-order valence-corrected chi connectivity index (χ3v) is 6.75. The lowest BCUT2D eigenvalue weighted by Gasteiger charge is -2.12. The van der Waals surface area contributed by atoms with Gasteiger partial charge in [-0.2, -0.15) is 0 Å². The molecule has 11 heteroatoms. The molecule has 0 aromatic heterocycles. The molecule has 1 saturated heterocycles. The molecule has 4 rings (SSSR count). The normalized spacial score (nSPS) is 13.9. The third kappa shape index (κ3) is 7.02. The van der Waals surface area contributed by atoms with Crippen molar-refractivity contribution in [3.8, 4) is 11.5 Å². The molecule has 38 heavy (non-hydrogen) atoms. The SMILES string of the molecule is COc1ccc(NC(=O)CN2C(=O)S/C(=C/c3ccc(OCC(=O)Nc4ccccc4)c(Br)c3)C2=O)cc1. The fourth-order valence-electron chi connectivity index (χ4n) is 3.39. The number of halogens is 1. The summed E-state index contributed by atoms with van der Waals surface area (Å²) in [7, 11) is 1.54. The van der Waals surface area contributed by atoms with Crippen molar-refractivity contribution in [2.75, 3.05) is 30.9 Å². The summed E-state index contributed by atoms with van der Waals surface area (Å²) < 4.78 is 11.2. The minimum Gasteiger partial charge on any atom is -0.497 e. The van der Waals surface area contributed by atoms with Gasteiger partial charge in [0.05, 0.1) is 16.5 Å². The van der Waals surface area contributed by atoms with E-state index in [0.29, 0.717) is 32.9 Å². The van der Waals surface area contributed by atoms with E-state index in [1.807, 2.05) is 18.2 Å². The molecule has 1 heterocycles. The number of hydrogen-bond donors (Lipinski definition) is 2. The first kappa shape index (κ1) is 27.0. The number of imide groups is 1. The smallest absolute Gasteiger partial charge is 0.294 e.